The molecule has 1 N–H and O–H groups in total. The minimum atomic E-state index is -1.36. The van der Waals surface area contributed by atoms with Crippen LogP contribution < -0.4 is 0 Å². The van der Waals surface area contributed by atoms with Gasteiger partial charge >= 0.3 is 5.97 Å². The molecule has 1 aliphatic rings. The molecule has 0 heterocycles. The fourth-order valence-corrected chi connectivity index (χ4v) is 1.82. The number of aliphatic hydroxyl groups excluding tert-OH is 1. The van der Waals surface area contributed by atoms with Gasteiger partial charge in [-0.2, -0.15) is 0 Å². The van der Waals surface area contributed by atoms with Crippen LogP contribution in [0.1, 0.15) is 32.6 Å². The summed E-state index contributed by atoms with van der Waals surface area (Å²) in [5.74, 6) is -0.841. The predicted octanol–water partition coefficient (Wildman–Crippen LogP) is 0.670. The van der Waals surface area contributed by atoms with Gasteiger partial charge in [-0.15, -0.1) is 0 Å². The molecule has 80 valence electrons. The maximum atomic E-state index is 11.7. The van der Waals surface area contributed by atoms with E-state index in [-0.39, 0.29) is 5.78 Å². The SMILES string of the molecule is COC(=O)[C@]1(C)C(=O)CCCC[C@@H]1O. The van der Waals surface area contributed by atoms with Crippen molar-refractivity contribution in [3.8, 4) is 0 Å². The molecule has 1 saturated carbocycles. The second-order valence-corrected chi connectivity index (χ2v) is 3.88. The Hall–Kier alpha value is -0.900. The first-order valence-corrected chi connectivity index (χ1v) is 4.83. The minimum absolute atomic E-state index is 0.214. The van der Waals surface area contributed by atoms with Gasteiger partial charge in [0.1, 0.15) is 5.41 Å². The largest absolute Gasteiger partial charge is 0.468 e. The van der Waals surface area contributed by atoms with E-state index in [0.717, 1.165) is 12.8 Å². The molecule has 0 saturated heterocycles. The number of rotatable bonds is 1. The highest BCUT2D eigenvalue weighted by atomic mass is 16.5. The third-order valence-corrected chi connectivity index (χ3v) is 2.99. The van der Waals surface area contributed by atoms with Crippen molar-refractivity contribution < 1.29 is 19.4 Å². The van der Waals surface area contributed by atoms with Crippen LogP contribution in [-0.2, 0) is 14.3 Å². The van der Waals surface area contributed by atoms with Gasteiger partial charge in [-0.3, -0.25) is 9.59 Å². The molecule has 0 unspecified atom stereocenters. The van der Waals surface area contributed by atoms with Gasteiger partial charge in [0.15, 0.2) is 5.78 Å². The molecular formula is C10H16O4. The molecule has 14 heavy (non-hydrogen) atoms. The molecule has 0 amide bonds. The van der Waals surface area contributed by atoms with Gasteiger partial charge in [0.05, 0.1) is 13.2 Å². The van der Waals surface area contributed by atoms with E-state index in [4.69, 9.17) is 0 Å². The lowest BCUT2D eigenvalue weighted by molar-refractivity contribution is -0.164. The fraction of sp³-hybridized carbons (Fsp3) is 0.800. The predicted molar refractivity (Wildman–Crippen MR) is 49.6 cm³/mol. The van der Waals surface area contributed by atoms with E-state index < -0.39 is 17.5 Å². The first-order chi connectivity index (χ1) is 6.53. The summed E-state index contributed by atoms with van der Waals surface area (Å²) in [6.07, 6.45) is 1.44. The van der Waals surface area contributed by atoms with Crippen molar-refractivity contribution in [2.24, 2.45) is 5.41 Å². The third kappa shape index (κ3) is 1.66. The molecule has 0 radical (unpaired) electrons. The monoisotopic (exact) mass is 200 g/mol. The second-order valence-electron chi connectivity index (χ2n) is 3.88. The van der Waals surface area contributed by atoms with E-state index in [9.17, 15) is 14.7 Å². The van der Waals surface area contributed by atoms with E-state index >= 15 is 0 Å². The summed E-state index contributed by atoms with van der Waals surface area (Å²) in [4.78, 5) is 23.1. The Morgan fingerprint density at radius 1 is 1.57 bits per heavy atom. The van der Waals surface area contributed by atoms with Crippen LogP contribution in [-0.4, -0.2) is 30.1 Å². The zero-order valence-corrected chi connectivity index (χ0v) is 8.58. The third-order valence-electron chi connectivity index (χ3n) is 2.99. The van der Waals surface area contributed by atoms with Crippen molar-refractivity contribution in [3.63, 3.8) is 0 Å². The van der Waals surface area contributed by atoms with Crippen LogP contribution in [0, 0.1) is 5.41 Å². The maximum Gasteiger partial charge on any atom is 0.321 e. The molecule has 0 aliphatic heterocycles. The quantitative estimate of drug-likeness (QED) is 0.384. The molecule has 1 aliphatic carbocycles. The lowest BCUT2D eigenvalue weighted by Gasteiger charge is -2.28. The molecule has 0 spiro atoms. The Balaban J connectivity index is 2.98. The normalized spacial score (nSPS) is 33.6. The Labute approximate surface area is 83.2 Å². The zero-order chi connectivity index (χ0) is 10.8. The number of methoxy groups -OCH3 is 1. The van der Waals surface area contributed by atoms with E-state index in [1.54, 1.807) is 0 Å². The van der Waals surface area contributed by atoms with Crippen LogP contribution in [0.5, 0.6) is 0 Å². The number of hydrogen-bond acceptors (Lipinski definition) is 4. The molecule has 4 heteroatoms. The number of ketones is 1. The van der Waals surface area contributed by atoms with Gasteiger partial charge in [0.2, 0.25) is 0 Å². The second kappa shape index (κ2) is 4.09. The highest BCUT2D eigenvalue weighted by Crippen LogP contribution is 2.33. The number of esters is 1. The summed E-state index contributed by atoms with van der Waals surface area (Å²) < 4.78 is 4.57. The summed E-state index contributed by atoms with van der Waals surface area (Å²) in [5.41, 5.74) is -1.36. The molecule has 0 bridgehead atoms. The Morgan fingerprint density at radius 2 is 2.21 bits per heavy atom. The Bertz CT molecular complexity index is 249. The van der Waals surface area contributed by atoms with Crippen molar-refractivity contribution in [3.05, 3.63) is 0 Å². The number of carbonyl (C=O) groups is 2. The standard InChI is InChI=1S/C10H16O4/c1-10(9(13)14-2)7(11)5-3-4-6-8(10)12/h7,11H,3-6H2,1-2H3/t7-,10-/m0/s1. The summed E-state index contributed by atoms with van der Waals surface area (Å²) in [5, 5.41) is 9.76. The summed E-state index contributed by atoms with van der Waals surface area (Å²) in [7, 11) is 1.23. The zero-order valence-electron chi connectivity index (χ0n) is 8.58. The van der Waals surface area contributed by atoms with Gasteiger partial charge in [-0.1, -0.05) is 6.42 Å². The van der Waals surface area contributed by atoms with Gasteiger partial charge < -0.3 is 9.84 Å². The van der Waals surface area contributed by atoms with E-state index in [1.807, 2.05) is 0 Å². The first-order valence-electron chi connectivity index (χ1n) is 4.83. The van der Waals surface area contributed by atoms with Crippen LogP contribution in [0.25, 0.3) is 0 Å². The van der Waals surface area contributed by atoms with Crippen LogP contribution in [0.15, 0.2) is 0 Å². The van der Waals surface area contributed by atoms with Crippen molar-refractivity contribution in [1.29, 1.82) is 0 Å². The van der Waals surface area contributed by atoms with Crippen molar-refractivity contribution >= 4 is 11.8 Å². The lowest BCUT2D eigenvalue weighted by Crippen LogP contribution is -2.46. The van der Waals surface area contributed by atoms with Crippen molar-refractivity contribution in [2.45, 2.75) is 38.7 Å². The van der Waals surface area contributed by atoms with E-state index in [1.165, 1.54) is 14.0 Å². The Morgan fingerprint density at radius 3 is 2.79 bits per heavy atom. The number of ether oxygens (including phenoxy) is 1. The topological polar surface area (TPSA) is 63.6 Å². The van der Waals surface area contributed by atoms with Gasteiger partial charge in [0, 0.05) is 6.42 Å². The average Bonchev–Trinajstić information content (AvgIpc) is 2.31. The minimum Gasteiger partial charge on any atom is -0.468 e. The number of Topliss-reactive ketones (excluding diaryl/α,β-unsaturated/α-hetero) is 1. The molecule has 0 aromatic heterocycles. The first kappa shape index (κ1) is 11.2. The Kier molecular flexibility index (Phi) is 3.26. The number of aliphatic hydroxyl groups is 1. The van der Waals surface area contributed by atoms with Crippen LogP contribution in [0.3, 0.4) is 0 Å². The molecule has 1 fully saturated rings. The van der Waals surface area contributed by atoms with Crippen LogP contribution in [0.4, 0.5) is 0 Å². The fourth-order valence-electron chi connectivity index (χ4n) is 1.82. The van der Waals surface area contributed by atoms with Gasteiger partial charge in [-0.25, -0.2) is 0 Å². The smallest absolute Gasteiger partial charge is 0.321 e. The summed E-state index contributed by atoms with van der Waals surface area (Å²) in [6.45, 7) is 1.47. The highest BCUT2D eigenvalue weighted by Gasteiger charge is 2.48. The molecular weight excluding hydrogens is 184 g/mol. The molecule has 0 aromatic rings. The number of carbonyl (C=O) groups excluding carboxylic acids is 2. The lowest BCUT2D eigenvalue weighted by atomic mass is 9.79. The average molecular weight is 200 g/mol. The van der Waals surface area contributed by atoms with E-state index in [0.29, 0.717) is 12.8 Å². The molecule has 2 atom stereocenters. The van der Waals surface area contributed by atoms with Gasteiger partial charge in [0.25, 0.3) is 0 Å². The van der Waals surface area contributed by atoms with Crippen molar-refractivity contribution in [1.82, 2.24) is 0 Å². The summed E-state index contributed by atoms with van der Waals surface area (Å²) >= 11 is 0. The highest BCUT2D eigenvalue weighted by molar-refractivity contribution is 6.04. The maximum absolute atomic E-state index is 11.7. The summed E-state index contributed by atoms with van der Waals surface area (Å²) in [6, 6.07) is 0. The molecule has 0 aromatic carbocycles. The van der Waals surface area contributed by atoms with Crippen LogP contribution in [0.2, 0.25) is 0 Å². The van der Waals surface area contributed by atoms with Crippen molar-refractivity contribution in [2.75, 3.05) is 7.11 Å². The number of hydrogen-bond donors (Lipinski definition) is 1. The molecule has 1 rings (SSSR count). The van der Waals surface area contributed by atoms with Gasteiger partial charge in [-0.05, 0) is 19.8 Å². The molecule has 4 nitrogen and oxygen atoms in total. The van der Waals surface area contributed by atoms with E-state index in [2.05, 4.69) is 4.74 Å². The van der Waals surface area contributed by atoms with Crippen LogP contribution >= 0.6 is 0 Å².